The Morgan fingerprint density at radius 1 is 1.44 bits per heavy atom. The Morgan fingerprint density at radius 2 is 2.39 bits per heavy atom. The Hall–Kier alpha value is -1.55. The number of fused-ring (bicyclic) bond motifs is 1. The van der Waals surface area contributed by atoms with Crippen LogP contribution in [-0.4, -0.2) is 26.0 Å². The van der Waals surface area contributed by atoms with Crippen molar-refractivity contribution in [3.05, 3.63) is 42.2 Å². The summed E-state index contributed by atoms with van der Waals surface area (Å²) < 4.78 is 2.39. The summed E-state index contributed by atoms with van der Waals surface area (Å²) in [5.41, 5.74) is 1.45. The molecular formula is C14H20N4. The minimum Gasteiger partial charge on any atom is -0.349 e. The first kappa shape index (κ1) is 11.5. The fraction of sp³-hybridized carbons (Fsp3) is 0.500. The molecule has 0 fully saturated rings. The first-order valence-electron chi connectivity index (χ1n) is 6.76. The molecule has 4 nitrogen and oxygen atoms in total. The van der Waals surface area contributed by atoms with Gasteiger partial charge in [-0.2, -0.15) is 0 Å². The highest BCUT2D eigenvalue weighted by atomic mass is 15.2. The molecule has 0 saturated heterocycles. The molecule has 0 aromatic carbocycles. The molecule has 96 valence electrons. The Balaban J connectivity index is 1.82. The Morgan fingerprint density at radius 3 is 3.17 bits per heavy atom. The predicted molar refractivity (Wildman–Crippen MR) is 71.1 cm³/mol. The first-order chi connectivity index (χ1) is 8.88. The summed E-state index contributed by atoms with van der Waals surface area (Å²) >= 11 is 0. The van der Waals surface area contributed by atoms with Crippen molar-refractivity contribution in [2.75, 3.05) is 6.54 Å². The minimum atomic E-state index is 0.531. The zero-order chi connectivity index (χ0) is 12.4. The zero-order valence-electron chi connectivity index (χ0n) is 10.8. The Bertz CT molecular complexity index is 486. The van der Waals surface area contributed by atoms with Gasteiger partial charge in [0.1, 0.15) is 5.82 Å². The smallest absolute Gasteiger partial charge is 0.120 e. The number of rotatable bonds is 4. The zero-order valence-corrected chi connectivity index (χ0v) is 10.8. The molecule has 3 heterocycles. The molecule has 0 unspecified atom stereocenters. The quantitative estimate of drug-likeness (QED) is 0.897. The highest BCUT2D eigenvalue weighted by Gasteiger charge is 2.26. The fourth-order valence-corrected chi connectivity index (χ4v) is 2.88. The number of aromatic amines is 1. The van der Waals surface area contributed by atoms with Gasteiger partial charge in [-0.1, -0.05) is 13.3 Å². The summed E-state index contributed by atoms with van der Waals surface area (Å²) in [5.74, 6) is 1.07. The van der Waals surface area contributed by atoms with E-state index in [1.807, 2.05) is 12.4 Å². The monoisotopic (exact) mass is 244 g/mol. The standard InChI is InChI=1S/C14H20N4/c1-2-4-12-13-5-3-8-17(13)9-10-18(12)11-14-15-6-7-16-14/h3,5-8,12H,2,4,9-11H2,1H3,(H,15,16)/t12-/m1/s1. The van der Waals surface area contributed by atoms with Crippen LogP contribution in [0.15, 0.2) is 30.7 Å². The molecule has 2 aromatic heterocycles. The van der Waals surface area contributed by atoms with E-state index >= 15 is 0 Å². The number of H-pyrrole nitrogens is 1. The van der Waals surface area contributed by atoms with E-state index in [2.05, 4.69) is 44.7 Å². The Labute approximate surface area is 108 Å². The van der Waals surface area contributed by atoms with Crippen LogP contribution in [0, 0.1) is 0 Å². The molecule has 1 aliphatic rings. The third-order valence-electron chi connectivity index (χ3n) is 3.74. The van der Waals surface area contributed by atoms with Crippen LogP contribution in [0.2, 0.25) is 0 Å². The molecule has 0 spiro atoms. The second kappa shape index (κ2) is 4.98. The minimum absolute atomic E-state index is 0.531. The van der Waals surface area contributed by atoms with Crippen molar-refractivity contribution in [1.82, 2.24) is 19.4 Å². The van der Waals surface area contributed by atoms with E-state index in [-0.39, 0.29) is 0 Å². The summed E-state index contributed by atoms with van der Waals surface area (Å²) in [4.78, 5) is 10.1. The van der Waals surface area contributed by atoms with E-state index in [9.17, 15) is 0 Å². The maximum absolute atomic E-state index is 4.34. The lowest BCUT2D eigenvalue weighted by Crippen LogP contribution is -2.37. The van der Waals surface area contributed by atoms with Gasteiger partial charge in [0.05, 0.1) is 12.6 Å². The fourth-order valence-electron chi connectivity index (χ4n) is 2.88. The van der Waals surface area contributed by atoms with Crippen LogP contribution in [0.5, 0.6) is 0 Å². The van der Waals surface area contributed by atoms with Gasteiger partial charge in [-0.15, -0.1) is 0 Å². The lowest BCUT2D eigenvalue weighted by molar-refractivity contribution is 0.136. The maximum Gasteiger partial charge on any atom is 0.120 e. The van der Waals surface area contributed by atoms with Crippen LogP contribution < -0.4 is 0 Å². The van der Waals surface area contributed by atoms with Gasteiger partial charge in [-0.25, -0.2) is 4.98 Å². The molecule has 18 heavy (non-hydrogen) atoms. The molecule has 1 aliphatic heterocycles. The van der Waals surface area contributed by atoms with Crippen molar-refractivity contribution in [2.24, 2.45) is 0 Å². The summed E-state index contributed by atoms with van der Waals surface area (Å²) in [6.07, 6.45) is 8.35. The third-order valence-corrected chi connectivity index (χ3v) is 3.74. The maximum atomic E-state index is 4.34. The van der Waals surface area contributed by atoms with Gasteiger partial charge in [0.15, 0.2) is 0 Å². The van der Waals surface area contributed by atoms with E-state index in [0.717, 1.165) is 25.5 Å². The van der Waals surface area contributed by atoms with E-state index < -0.39 is 0 Å². The van der Waals surface area contributed by atoms with Crippen LogP contribution >= 0.6 is 0 Å². The second-order valence-corrected chi connectivity index (χ2v) is 4.94. The van der Waals surface area contributed by atoms with Gasteiger partial charge in [-0.05, 0) is 18.6 Å². The molecular weight excluding hydrogens is 224 g/mol. The lowest BCUT2D eigenvalue weighted by Gasteiger charge is -2.36. The number of imidazole rings is 1. The Kier molecular flexibility index (Phi) is 3.19. The molecule has 1 N–H and O–H groups in total. The van der Waals surface area contributed by atoms with Crippen molar-refractivity contribution in [3.63, 3.8) is 0 Å². The molecule has 2 aromatic rings. The number of aromatic nitrogens is 3. The van der Waals surface area contributed by atoms with Crippen LogP contribution in [-0.2, 0) is 13.1 Å². The summed E-state index contributed by atoms with van der Waals surface area (Å²) in [5, 5.41) is 0. The first-order valence-corrected chi connectivity index (χ1v) is 6.76. The van der Waals surface area contributed by atoms with E-state index in [0.29, 0.717) is 6.04 Å². The number of hydrogen-bond donors (Lipinski definition) is 1. The second-order valence-electron chi connectivity index (χ2n) is 4.94. The van der Waals surface area contributed by atoms with Gasteiger partial charge in [0, 0.05) is 37.4 Å². The molecule has 4 heteroatoms. The normalized spacial score (nSPS) is 19.9. The number of nitrogens with one attached hydrogen (secondary N) is 1. The van der Waals surface area contributed by atoms with Gasteiger partial charge in [0.25, 0.3) is 0 Å². The van der Waals surface area contributed by atoms with Crippen LogP contribution in [0.4, 0.5) is 0 Å². The molecule has 0 aliphatic carbocycles. The van der Waals surface area contributed by atoms with Crippen LogP contribution in [0.25, 0.3) is 0 Å². The third kappa shape index (κ3) is 2.08. The molecule has 0 bridgehead atoms. The number of nitrogens with zero attached hydrogens (tertiary/aromatic N) is 3. The van der Waals surface area contributed by atoms with Crippen molar-refractivity contribution in [2.45, 2.75) is 38.9 Å². The van der Waals surface area contributed by atoms with Gasteiger partial charge >= 0.3 is 0 Å². The summed E-state index contributed by atoms with van der Waals surface area (Å²) in [7, 11) is 0. The average Bonchev–Trinajstić information content (AvgIpc) is 3.03. The van der Waals surface area contributed by atoms with Crippen molar-refractivity contribution >= 4 is 0 Å². The predicted octanol–water partition coefficient (Wildman–Crippen LogP) is 2.57. The summed E-state index contributed by atoms with van der Waals surface area (Å²) in [6, 6.07) is 4.95. The van der Waals surface area contributed by atoms with Crippen molar-refractivity contribution in [1.29, 1.82) is 0 Å². The van der Waals surface area contributed by atoms with Crippen molar-refractivity contribution < 1.29 is 0 Å². The van der Waals surface area contributed by atoms with Crippen molar-refractivity contribution in [3.8, 4) is 0 Å². The molecule has 0 amide bonds. The van der Waals surface area contributed by atoms with E-state index in [4.69, 9.17) is 0 Å². The largest absolute Gasteiger partial charge is 0.349 e. The lowest BCUT2D eigenvalue weighted by atomic mass is 10.0. The SMILES string of the molecule is CCC[C@@H]1c2cccn2CCN1Cc1ncc[nH]1. The van der Waals surface area contributed by atoms with Crippen LogP contribution in [0.3, 0.4) is 0 Å². The van der Waals surface area contributed by atoms with Gasteiger partial charge in [0.2, 0.25) is 0 Å². The number of hydrogen-bond acceptors (Lipinski definition) is 2. The summed E-state index contributed by atoms with van der Waals surface area (Å²) in [6.45, 7) is 5.37. The average molecular weight is 244 g/mol. The molecule has 3 rings (SSSR count). The van der Waals surface area contributed by atoms with Gasteiger partial charge < -0.3 is 9.55 Å². The van der Waals surface area contributed by atoms with Gasteiger partial charge in [-0.3, -0.25) is 4.90 Å². The molecule has 0 radical (unpaired) electrons. The highest BCUT2D eigenvalue weighted by molar-refractivity contribution is 5.14. The molecule has 0 saturated carbocycles. The molecule has 1 atom stereocenters. The van der Waals surface area contributed by atoms with E-state index in [1.54, 1.807) is 0 Å². The topological polar surface area (TPSA) is 36.9 Å². The van der Waals surface area contributed by atoms with Crippen LogP contribution in [0.1, 0.15) is 37.3 Å². The highest BCUT2D eigenvalue weighted by Crippen LogP contribution is 2.30. The van der Waals surface area contributed by atoms with E-state index in [1.165, 1.54) is 18.5 Å².